The topological polar surface area (TPSA) is 69.2 Å². The maximum atomic E-state index is 10.7. The number of hydrogen-bond donors (Lipinski definition) is 1. The molecule has 4 heteroatoms. The highest BCUT2D eigenvalue weighted by atomic mass is 16.6. The molecule has 76 valence electrons. The van der Waals surface area contributed by atoms with Crippen LogP contribution in [0.1, 0.15) is 29.7 Å². The third-order valence-corrected chi connectivity index (χ3v) is 2.22. The molecule has 0 bridgehead atoms. The molecule has 4 nitrogen and oxygen atoms in total. The minimum atomic E-state index is -0.352. The lowest BCUT2D eigenvalue weighted by molar-refractivity contribution is -0.386. The lowest BCUT2D eigenvalue weighted by atomic mass is 10.0. The van der Waals surface area contributed by atoms with Crippen molar-refractivity contribution in [1.82, 2.24) is 0 Å². The maximum Gasteiger partial charge on any atom is 0.275 e. The number of hydrogen-bond acceptors (Lipinski definition) is 3. The van der Waals surface area contributed by atoms with E-state index in [2.05, 4.69) is 0 Å². The first-order valence-electron chi connectivity index (χ1n) is 4.44. The first-order chi connectivity index (χ1) is 6.43. The van der Waals surface area contributed by atoms with Crippen LogP contribution < -0.4 is 5.73 Å². The molecule has 0 amide bonds. The van der Waals surface area contributed by atoms with E-state index in [4.69, 9.17) is 5.73 Å². The summed E-state index contributed by atoms with van der Waals surface area (Å²) in [6.45, 7) is 5.33. The van der Waals surface area contributed by atoms with Gasteiger partial charge in [0, 0.05) is 17.2 Å². The van der Waals surface area contributed by atoms with Gasteiger partial charge in [-0.15, -0.1) is 0 Å². The van der Waals surface area contributed by atoms with Crippen molar-refractivity contribution in [2.75, 3.05) is 0 Å². The third kappa shape index (κ3) is 1.90. The molecule has 1 unspecified atom stereocenters. The fraction of sp³-hybridized carbons (Fsp3) is 0.400. The van der Waals surface area contributed by atoms with Crippen LogP contribution in [-0.4, -0.2) is 4.92 Å². The molecule has 2 N–H and O–H groups in total. The molecule has 1 atom stereocenters. The molecule has 1 aromatic carbocycles. The molecule has 0 aliphatic carbocycles. The molecule has 1 aromatic rings. The standard InChI is InChI=1S/C10H14N2O2/c1-6-4-9(8(3)11)5-7(2)10(6)12(13)14/h4-5,8H,11H2,1-3H3. The van der Waals surface area contributed by atoms with Crippen LogP contribution in [0.3, 0.4) is 0 Å². The van der Waals surface area contributed by atoms with Crippen LogP contribution in [0.25, 0.3) is 0 Å². The minimum Gasteiger partial charge on any atom is -0.324 e. The normalized spacial score (nSPS) is 12.6. The van der Waals surface area contributed by atoms with Crippen molar-refractivity contribution in [1.29, 1.82) is 0 Å². The van der Waals surface area contributed by atoms with E-state index in [1.54, 1.807) is 26.0 Å². The van der Waals surface area contributed by atoms with Gasteiger partial charge in [0.2, 0.25) is 0 Å². The molecule has 0 heterocycles. The Kier molecular flexibility index (Phi) is 2.86. The van der Waals surface area contributed by atoms with Gasteiger partial charge in [-0.1, -0.05) is 0 Å². The number of aryl methyl sites for hydroxylation is 2. The molecular weight excluding hydrogens is 180 g/mol. The van der Waals surface area contributed by atoms with Crippen LogP contribution >= 0.6 is 0 Å². The summed E-state index contributed by atoms with van der Waals surface area (Å²) in [4.78, 5) is 10.3. The Bertz CT molecular complexity index is 349. The van der Waals surface area contributed by atoms with Gasteiger partial charge in [-0.05, 0) is 38.5 Å². The molecule has 0 saturated carbocycles. The third-order valence-electron chi connectivity index (χ3n) is 2.22. The highest BCUT2D eigenvalue weighted by Crippen LogP contribution is 2.26. The van der Waals surface area contributed by atoms with Crippen molar-refractivity contribution in [3.05, 3.63) is 38.9 Å². The molecular formula is C10H14N2O2. The minimum absolute atomic E-state index is 0.0896. The maximum absolute atomic E-state index is 10.7. The second kappa shape index (κ2) is 3.75. The molecule has 0 radical (unpaired) electrons. The Labute approximate surface area is 82.9 Å². The summed E-state index contributed by atoms with van der Waals surface area (Å²) in [6.07, 6.45) is 0. The van der Waals surface area contributed by atoms with Gasteiger partial charge < -0.3 is 5.73 Å². The van der Waals surface area contributed by atoms with Gasteiger partial charge >= 0.3 is 0 Å². The Morgan fingerprint density at radius 1 is 1.36 bits per heavy atom. The van der Waals surface area contributed by atoms with Crippen LogP contribution in [0, 0.1) is 24.0 Å². The summed E-state index contributed by atoms with van der Waals surface area (Å²) in [5, 5.41) is 10.7. The van der Waals surface area contributed by atoms with Gasteiger partial charge in [0.25, 0.3) is 5.69 Å². The number of nitro benzene ring substituents is 1. The summed E-state index contributed by atoms with van der Waals surface area (Å²) < 4.78 is 0. The quantitative estimate of drug-likeness (QED) is 0.579. The zero-order valence-electron chi connectivity index (χ0n) is 8.57. The van der Waals surface area contributed by atoms with Gasteiger partial charge in [-0.2, -0.15) is 0 Å². The zero-order chi connectivity index (χ0) is 10.9. The van der Waals surface area contributed by atoms with Gasteiger partial charge in [-0.3, -0.25) is 10.1 Å². The van der Waals surface area contributed by atoms with E-state index in [0.717, 1.165) is 5.56 Å². The SMILES string of the molecule is Cc1cc(C(C)N)cc(C)c1[N+](=O)[O-]. The molecule has 0 aromatic heterocycles. The molecule has 0 fully saturated rings. The second-order valence-electron chi connectivity index (χ2n) is 3.55. The fourth-order valence-electron chi connectivity index (χ4n) is 1.54. The van der Waals surface area contributed by atoms with E-state index in [0.29, 0.717) is 11.1 Å². The number of benzene rings is 1. The summed E-state index contributed by atoms with van der Waals surface area (Å²) in [6, 6.07) is 3.46. The Hall–Kier alpha value is -1.42. The second-order valence-corrected chi connectivity index (χ2v) is 3.55. The van der Waals surface area contributed by atoms with Gasteiger partial charge in [0.1, 0.15) is 0 Å². The average molecular weight is 194 g/mol. The van der Waals surface area contributed by atoms with Crippen molar-refractivity contribution in [3.8, 4) is 0 Å². The number of nitrogens with two attached hydrogens (primary N) is 1. The van der Waals surface area contributed by atoms with Crippen LogP contribution in [0.5, 0.6) is 0 Å². The lowest BCUT2D eigenvalue weighted by Gasteiger charge is -2.09. The van der Waals surface area contributed by atoms with Gasteiger partial charge in [0.15, 0.2) is 0 Å². The predicted octanol–water partition coefficient (Wildman–Crippen LogP) is 2.23. The Balaban J connectivity index is 3.32. The van der Waals surface area contributed by atoms with Crippen LogP contribution in [0.2, 0.25) is 0 Å². The molecule has 1 rings (SSSR count). The van der Waals surface area contributed by atoms with E-state index in [1.807, 2.05) is 6.92 Å². The van der Waals surface area contributed by atoms with E-state index in [1.165, 1.54) is 0 Å². The lowest BCUT2D eigenvalue weighted by Crippen LogP contribution is -2.06. The molecule has 0 aliphatic rings. The number of nitro groups is 1. The van der Waals surface area contributed by atoms with Crippen molar-refractivity contribution in [3.63, 3.8) is 0 Å². The summed E-state index contributed by atoms with van der Waals surface area (Å²) in [7, 11) is 0. The van der Waals surface area contributed by atoms with Crippen molar-refractivity contribution in [2.24, 2.45) is 5.73 Å². The first kappa shape index (κ1) is 10.7. The molecule has 14 heavy (non-hydrogen) atoms. The number of nitrogens with zero attached hydrogens (tertiary/aromatic N) is 1. The van der Waals surface area contributed by atoms with Gasteiger partial charge in [-0.25, -0.2) is 0 Å². The van der Waals surface area contributed by atoms with E-state index < -0.39 is 0 Å². The zero-order valence-corrected chi connectivity index (χ0v) is 8.57. The largest absolute Gasteiger partial charge is 0.324 e. The van der Waals surface area contributed by atoms with E-state index in [9.17, 15) is 10.1 Å². The Morgan fingerprint density at radius 3 is 2.07 bits per heavy atom. The highest BCUT2D eigenvalue weighted by Gasteiger charge is 2.16. The van der Waals surface area contributed by atoms with E-state index >= 15 is 0 Å². The summed E-state index contributed by atoms with van der Waals surface area (Å²) >= 11 is 0. The average Bonchev–Trinajstić information content (AvgIpc) is 2.01. The predicted molar refractivity (Wildman–Crippen MR) is 55.2 cm³/mol. The first-order valence-corrected chi connectivity index (χ1v) is 4.44. The summed E-state index contributed by atoms with van der Waals surface area (Å²) in [5.74, 6) is 0. The summed E-state index contributed by atoms with van der Waals surface area (Å²) in [5.41, 5.74) is 8.17. The van der Waals surface area contributed by atoms with Crippen LogP contribution in [-0.2, 0) is 0 Å². The highest BCUT2D eigenvalue weighted by molar-refractivity contribution is 5.49. The number of rotatable bonds is 2. The van der Waals surface area contributed by atoms with Gasteiger partial charge in [0.05, 0.1) is 4.92 Å². The van der Waals surface area contributed by atoms with Crippen molar-refractivity contribution >= 4 is 5.69 Å². The molecule has 0 spiro atoms. The monoisotopic (exact) mass is 194 g/mol. The Morgan fingerprint density at radius 2 is 1.79 bits per heavy atom. The van der Waals surface area contributed by atoms with Crippen molar-refractivity contribution < 1.29 is 4.92 Å². The van der Waals surface area contributed by atoms with Crippen LogP contribution in [0.15, 0.2) is 12.1 Å². The smallest absolute Gasteiger partial charge is 0.275 e. The molecule has 0 aliphatic heterocycles. The fourth-order valence-corrected chi connectivity index (χ4v) is 1.54. The van der Waals surface area contributed by atoms with Crippen LogP contribution in [0.4, 0.5) is 5.69 Å². The molecule has 0 saturated heterocycles. The van der Waals surface area contributed by atoms with E-state index in [-0.39, 0.29) is 16.7 Å². The van der Waals surface area contributed by atoms with Crippen molar-refractivity contribution in [2.45, 2.75) is 26.8 Å².